The molecule has 0 bridgehead atoms. The maximum absolute atomic E-state index is 11.9. The zero-order valence-corrected chi connectivity index (χ0v) is 11.4. The number of likely N-dealkylation sites (N-methyl/N-ethyl adjacent to an activating group) is 1. The molecule has 5 heteroatoms. The van der Waals surface area contributed by atoms with Crippen LogP contribution in [0.15, 0.2) is 0 Å². The lowest BCUT2D eigenvalue weighted by atomic mass is 9.91. The topological polar surface area (TPSA) is 67.6 Å². The molecule has 2 unspecified atom stereocenters. The summed E-state index contributed by atoms with van der Waals surface area (Å²) in [6.07, 6.45) is 3.45. The van der Waals surface area contributed by atoms with Crippen molar-refractivity contribution >= 4 is 5.91 Å². The molecule has 5 nitrogen and oxygen atoms in total. The van der Waals surface area contributed by atoms with Crippen molar-refractivity contribution in [2.24, 2.45) is 11.7 Å². The van der Waals surface area contributed by atoms with Gasteiger partial charge in [0.05, 0.1) is 6.10 Å². The molecule has 3 N–H and O–H groups in total. The number of nitrogens with two attached hydrogens (primary N) is 1. The normalized spacial score (nSPS) is 29.6. The molecule has 2 atom stereocenters. The van der Waals surface area contributed by atoms with Gasteiger partial charge in [-0.2, -0.15) is 0 Å². The lowest BCUT2D eigenvalue weighted by molar-refractivity contribution is -0.126. The Bertz CT molecular complexity index is 307. The zero-order valence-electron chi connectivity index (χ0n) is 11.4. The molecule has 1 heterocycles. The lowest BCUT2D eigenvalue weighted by Crippen LogP contribution is -2.62. The van der Waals surface area contributed by atoms with Crippen molar-refractivity contribution in [1.82, 2.24) is 10.2 Å². The number of primary amides is 1. The number of nitrogens with one attached hydrogen (secondary N) is 1. The monoisotopic (exact) mass is 255 g/mol. The van der Waals surface area contributed by atoms with E-state index in [4.69, 9.17) is 10.5 Å². The van der Waals surface area contributed by atoms with Crippen molar-refractivity contribution in [3.63, 3.8) is 0 Å². The first-order chi connectivity index (χ1) is 8.58. The number of ether oxygens (including phenoxy) is 1. The summed E-state index contributed by atoms with van der Waals surface area (Å²) in [5.74, 6) is 0.185. The molecule has 0 radical (unpaired) electrons. The third-order valence-electron chi connectivity index (χ3n) is 4.17. The predicted octanol–water partition coefficient (Wildman–Crippen LogP) is -0.0493. The van der Waals surface area contributed by atoms with Crippen LogP contribution < -0.4 is 11.1 Å². The van der Waals surface area contributed by atoms with Gasteiger partial charge < -0.3 is 15.8 Å². The van der Waals surface area contributed by atoms with Crippen LogP contribution in [0.3, 0.4) is 0 Å². The minimum Gasteiger partial charge on any atom is -0.377 e. The summed E-state index contributed by atoms with van der Waals surface area (Å²) in [5, 5.41) is 3.20. The average Bonchev–Trinajstić information content (AvgIpc) is 3.14. The molecular weight excluding hydrogens is 230 g/mol. The Balaban J connectivity index is 2.05. The third-order valence-corrected chi connectivity index (χ3v) is 4.17. The highest BCUT2D eigenvalue weighted by atomic mass is 16.5. The molecule has 104 valence electrons. The van der Waals surface area contributed by atoms with Gasteiger partial charge in [-0.05, 0) is 39.2 Å². The summed E-state index contributed by atoms with van der Waals surface area (Å²) in [7, 11) is 1.85. The van der Waals surface area contributed by atoms with E-state index in [0.29, 0.717) is 12.5 Å². The fourth-order valence-electron chi connectivity index (χ4n) is 2.97. The number of rotatable bonds is 5. The standard InChI is InChI=1S/C13H25N3O2/c1-10-8-16(6-3-7-18-10)9-13(15-2,12(14)17)11-4-5-11/h10-11,15H,3-9H2,1-2H3,(H2,14,17). The summed E-state index contributed by atoms with van der Waals surface area (Å²) in [6.45, 7) is 5.46. The van der Waals surface area contributed by atoms with Crippen molar-refractivity contribution in [2.45, 2.75) is 37.8 Å². The molecular formula is C13H25N3O2. The summed E-state index contributed by atoms with van der Waals surface area (Å²) in [5.41, 5.74) is 5.10. The van der Waals surface area contributed by atoms with Gasteiger partial charge in [0, 0.05) is 26.2 Å². The Kier molecular flexibility index (Phi) is 4.25. The van der Waals surface area contributed by atoms with Crippen LogP contribution in [0.5, 0.6) is 0 Å². The fraction of sp³-hybridized carbons (Fsp3) is 0.923. The van der Waals surface area contributed by atoms with Gasteiger partial charge in [0.25, 0.3) is 0 Å². The maximum atomic E-state index is 11.9. The van der Waals surface area contributed by atoms with Gasteiger partial charge in [-0.3, -0.25) is 9.69 Å². The number of carbonyl (C=O) groups excluding carboxylic acids is 1. The van der Waals surface area contributed by atoms with E-state index in [1.54, 1.807) is 0 Å². The van der Waals surface area contributed by atoms with Gasteiger partial charge >= 0.3 is 0 Å². The van der Waals surface area contributed by atoms with E-state index in [1.165, 1.54) is 0 Å². The van der Waals surface area contributed by atoms with Gasteiger partial charge in [0.2, 0.25) is 5.91 Å². The first-order valence-corrected chi connectivity index (χ1v) is 6.91. The van der Waals surface area contributed by atoms with E-state index in [9.17, 15) is 4.79 Å². The molecule has 0 aromatic rings. The van der Waals surface area contributed by atoms with Crippen LogP contribution in [0.1, 0.15) is 26.2 Å². The van der Waals surface area contributed by atoms with Gasteiger partial charge in [0.15, 0.2) is 0 Å². The largest absolute Gasteiger partial charge is 0.377 e. The Labute approximate surface area is 109 Å². The molecule has 1 saturated heterocycles. The number of amides is 1. The first-order valence-electron chi connectivity index (χ1n) is 6.91. The van der Waals surface area contributed by atoms with Crippen LogP contribution in [0, 0.1) is 5.92 Å². The van der Waals surface area contributed by atoms with E-state index in [1.807, 2.05) is 7.05 Å². The minimum absolute atomic E-state index is 0.217. The Hall–Kier alpha value is -0.650. The molecule has 2 aliphatic rings. The fourth-order valence-corrected chi connectivity index (χ4v) is 2.97. The van der Waals surface area contributed by atoms with Gasteiger partial charge in [-0.1, -0.05) is 0 Å². The Morgan fingerprint density at radius 2 is 2.28 bits per heavy atom. The first kappa shape index (κ1) is 13.8. The molecule has 1 aliphatic heterocycles. The van der Waals surface area contributed by atoms with E-state index < -0.39 is 5.54 Å². The molecule has 0 aromatic carbocycles. The minimum atomic E-state index is -0.552. The van der Waals surface area contributed by atoms with Crippen LogP contribution in [-0.2, 0) is 9.53 Å². The van der Waals surface area contributed by atoms with Gasteiger partial charge in [0.1, 0.15) is 5.54 Å². The van der Waals surface area contributed by atoms with Crippen LogP contribution in [0.2, 0.25) is 0 Å². The smallest absolute Gasteiger partial charge is 0.239 e. The Morgan fingerprint density at radius 3 is 2.83 bits per heavy atom. The van der Waals surface area contributed by atoms with Crippen molar-refractivity contribution in [1.29, 1.82) is 0 Å². The highest BCUT2D eigenvalue weighted by Gasteiger charge is 2.49. The molecule has 0 spiro atoms. The van der Waals surface area contributed by atoms with Gasteiger partial charge in [-0.15, -0.1) is 0 Å². The summed E-state index contributed by atoms with van der Waals surface area (Å²) >= 11 is 0. The van der Waals surface area contributed by atoms with Crippen molar-refractivity contribution in [2.75, 3.05) is 33.3 Å². The molecule has 2 rings (SSSR count). The molecule has 18 heavy (non-hydrogen) atoms. The molecule has 1 aliphatic carbocycles. The lowest BCUT2D eigenvalue weighted by Gasteiger charge is -2.36. The van der Waals surface area contributed by atoms with E-state index in [-0.39, 0.29) is 12.0 Å². The summed E-state index contributed by atoms with van der Waals surface area (Å²) in [6, 6.07) is 0. The number of nitrogens with zero attached hydrogens (tertiary/aromatic N) is 1. The van der Waals surface area contributed by atoms with E-state index >= 15 is 0 Å². The number of hydrogen-bond acceptors (Lipinski definition) is 4. The summed E-state index contributed by atoms with van der Waals surface area (Å²) in [4.78, 5) is 14.2. The average molecular weight is 255 g/mol. The van der Waals surface area contributed by atoms with Crippen molar-refractivity contribution < 1.29 is 9.53 Å². The summed E-state index contributed by atoms with van der Waals surface area (Å²) < 4.78 is 5.64. The van der Waals surface area contributed by atoms with Gasteiger partial charge in [-0.25, -0.2) is 0 Å². The third kappa shape index (κ3) is 2.84. The Morgan fingerprint density at radius 1 is 1.56 bits per heavy atom. The highest BCUT2D eigenvalue weighted by molar-refractivity contribution is 5.86. The quantitative estimate of drug-likeness (QED) is 0.723. The van der Waals surface area contributed by atoms with Crippen molar-refractivity contribution in [3.8, 4) is 0 Å². The van der Waals surface area contributed by atoms with Crippen LogP contribution in [0.25, 0.3) is 0 Å². The second kappa shape index (κ2) is 5.55. The van der Waals surface area contributed by atoms with Crippen molar-refractivity contribution in [3.05, 3.63) is 0 Å². The second-order valence-electron chi connectivity index (χ2n) is 5.63. The molecule has 0 aromatic heterocycles. The number of hydrogen-bond donors (Lipinski definition) is 2. The van der Waals surface area contributed by atoms with E-state index in [2.05, 4.69) is 17.1 Å². The molecule has 1 amide bonds. The number of carbonyl (C=O) groups is 1. The highest BCUT2D eigenvalue weighted by Crippen LogP contribution is 2.40. The van der Waals surface area contributed by atoms with Crippen LogP contribution >= 0.6 is 0 Å². The van der Waals surface area contributed by atoms with Crippen LogP contribution in [0.4, 0.5) is 0 Å². The molecule has 1 saturated carbocycles. The second-order valence-corrected chi connectivity index (χ2v) is 5.63. The molecule has 2 fully saturated rings. The van der Waals surface area contributed by atoms with Crippen LogP contribution in [-0.4, -0.2) is 55.7 Å². The predicted molar refractivity (Wildman–Crippen MR) is 70.2 cm³/mol. The SMILES string of the molecule is CNC(CN1CCCOC(C)C1)(C(N)=O)C1CC1. The zero-order chi connectivity index (χ0) is 13.2. The maximum Gasteiger partial charge on any atom is 0.239 e. The van der Waals surface area contributed by atoms with E-state index in [0.717, 1.165) is 39.0 Å².